The van der Waals surface area contributed by atoms with Gasteiger partial charge in [-0.3, -0.25) is 0 Å². The van der Waals surface area contributed by atoms with Gasteiger partial charge in [0.05, 0.1) is 5.69 Å². The molecule has 1 heterocycles. The fourth-order valence-corrected chi connectivity index (χ4v) is 1.18. The monoisotopic (exact) mass is 165 g/mol. The smallest absolute Gasteiger partial charge is 0.108 e. The summed E-state index contributed by atoms with van der Waals surface area (Å²) >= 11 is 0. The molecule has 1 aliphatic rings. The number of aromatic nitrogens is 3. The van der Waals surface area contributed by atoms with Gasteiger partial charge < -0.3 is 0 Å². The summed E-state index contributed by atoms with van der Waals surface area (Å²) in [5, 5.41) is 8.38. The van der Waals surface area contributed by atoms with Gasteiger partial charge in [0.2, 0.25) is 0 Å². The van der Waals surface area contributed by atoms with Crippen LogP contribution in [-0.2, 0) is 13.5 Å². The van der Waals surface area contributed by atoms with E-state index in [0.717, 1.165) is 24.2 Å². The summed E-state index contributed by atoms with van der Waals surface area (Å²) in [6.07, 6.45) is 6.31. The van der Waals surface area contributed by atoms with Crippen molar-refractivity contribution in [1.29, 1.82) is 0 Å². The van der Waals surface area contributed by atoms with Crippen LogP contribution in [0.2, 0.25) is 0 Å². The largest absolute Gasteiger partial charge is 0.187 e. The molecule has 3 heteroatoms. The molecule has 0 saturated carbocycles. The Morgan fingerprint density at radius 3 is 2.75 bits per heavy atom. The van der Waals surface area contributed by atoms with Crippen LogP contribution >= 0.6 is 0 Å². The van der Waals surface area contributed by atoms with Crippen LogP contribution in [0.15, 0.2) is 6.08 Å². The van der Waals surface area contributed by atoms with Crippen molar-refractivity contribution >= 4 is 6.08 Å². The lowest BCUT2D eigenvalue weighted by Crippen LogP contribution is -1.93. The van der Waals surface area contributed by atoms with Crippen LogP contribution in [0.1, 0.15) is 31.7 Å². The standard InChI is InChI=1S/C7H9N3.C2H6/c1-10-8-6-4-2-3-5-7(6)9-10;1-2/h2,4H,3,5H2,1H3;1-2H3. The Kier molecular flexibility index (Phi) is 3.02. The van der Waals surface area contributed by atoms with Crippen molar-refractivity contribution < 1.29 is 0 Å². The first-order chi connectivity index (χ1) is 5.86. The first-order valence-electron chi connectivity index (χ1n) is 4.43. The Morgan fingerprint density at radius 2 is 2.08 bits per heavy atom. The molecule has 0 bridgehead atoms. The highest BCUT2D eigenvalue weighted by molar-refractivity contribution is 5.48. The number of allylic oxidation sites excluding steroid dienone is 1. The topological polar surface area (TPSA) is 30.7 Å². The van der Waals surface area contributed by atoms with Crippen LogP contribution in [0.3, 0.4) is 0 Å². The Bertz CT molecular complexity index is 273. The quantitative estimate of drug-likeness (QED) is 0.587. The van der Waals surface area contributed by atoms with Crippen molar-refractivity contribution in [3.8, 4) is 0 Å². The minimum Gasteiger partial charge on any atom is -0.187 e. The molecule has 0 fully saturated rings. The van der Waals surface area contributed by atoms with Gasteiger partial charge in [0.25, 0.3) is 0 Å². The second-order valence-electron chi connectivity index (χ2n) is 2.46. The fraction of sp³-hybridized carbons (Fsp3) is 0.556. The predicted octanol–water partition coefficient (Wildman–Crippen LogP) is 1.80. The normalized spacial score (nSPS) is 13.2. The third kappa shape index (κ3) is 1.72. The molecule has 1 aromatic heterocycles. The number of fused-ring (bicyclic) bond motifs is 1. The highest BCUT2D eigenvalue weighted by Gasteiger charge is 2.08. The lowest BCUT2D eigenvalue weighted by atomic mass is 10.1. The molecule has 1 aromatic rings. The van der Waals surface area contributed by atoms with E-state index in [9.17, 15) is 0 Å². The minimum atomic E-state index is 1.04. The van der Waals surface area contributed by atoms with Gasteiger partial charge in [-0.15, -0.1) is 0 Å². The van der Waals surface area contributed by atoms with E-state index in [1.165, 1.54) is 0 Å². The van der Waals surface area contributed by atoms with Crippen LogP contribution in [0, 0.1) is 0 Å². The van der Waals surface area contributed by atoms with E-state index in [2.05, 4.69) is 16.3 Å². The Labute approximate surface area is 73.1 Å². The van der Waals surface area contributed by atoms with Gasteiger partial charge in [-0.05, 0) is 18.9 Å². The second-order valence-corrected chi connectivity index (χ2v) is 2.46. The number of nitrogens with zero attached hydrogens (tertiary/aromatic N) is 3. The van der Waals surface area contributed by atoms with Crippen LogP contribution < -0.4 is 0 Å². The molecule has 0 unspecified atom stereocenters. The highest BCUT2D eigenvalue weighted by Crippen LogP contribution is 2.13. The van der Waals surface area contributed by atoms with Crippen molar-refractivity contribution in [2.45, 2.75) is 26.7 Å². The molecule has 0 atom stereocenters. The van der Waals surface area contributed by atoms with Crippen LogP contribution in [0.5, 0.6) is 0 Å². The lowest BCUT2D eigenvalue weighted by molar-refractivity contribution is 0.644. The lowest BCUT2D eigenvalue weighted by Gasteiger charge is -1.97. The van der Waals surface area contributed by atoms with Crippen molar-refractivity contribution in [1.82, 2.24) is 15.0 Å². The van der Waals surface area contributed by atoms with Crippen molar-refractivity contribution in [2.24, 2.45) is 7.05 Å². The van der Waals surface area contributed by atoms with Gasteiger partial charge in [-0.2, -0.15) is 15.0 Å². The predicted molar refractivity (Wildman–Crippen MR) is 49.7 cm³/mol. The molecule has 12 heavy (non-hydrogen) atoms. The minimum absolute atomic E-state index is 1.04. The number of rotatable bonds is 0. The molecule has 0 aromatic carbocycles. The number of aryl methyl sites for hydroxylation is 2. The van der Waals surface area contributed by atoms with E-state index in [-0.39, 0.29) is 0 Å². The zero-order valence-corrected chi connectivity index (χ0v) is 7.91. The first-order valence-corrected chi connectivity index (χ1v) is 4.43. The van der Waals surface area contributed by atoms with Gasteiger partial charge in [0.15, 0.2) is 0 Å². The maximum absolute atomic E-state index is 4.21. The molecular formula is C9H15N3. The molecule has 3 nitrogen and oxygen atoms in total. The summed E-state index contributed by atoms with van der Waals surface area (Å²) in [6, 6.07) is 0. The molecule has 0 aliphatic heterocycles. The number of hydrogen-bond acceptors (Lipinski definition) is 2. The molecule has 0 spiro atoms. The molecule has 0 radical (unpaired) electrons. The van der Waals surface area contributed by atoms with E-state index >= 15 is 0 Å². The van der Waals surface area contributed by atoms with Crippen LogP contribution in [0.25, 0.3) is 6.08 Å². The molecule has 0 amide bonds. The SMILES string of the molecule is CC.Cn1nc2c(n1)CCC=C2. The van der Waals surface area contributed by atoms with Gasteiger partial charge in [-0.25, -0.2) is 0 Å². The Morgan fingerprint density at radius 1 is 1.33 bits per heavy atom. The van der Waals surface area contributed by atoms with Gasteiger partial charge in [-0.1, -0.05) is 19.9 Å². The Hall–Kier alpha value is -1.12. The van der Waals surface area contributed by atoms with E-state index in [1.54, 1.807) is 4.80 Å². The van der Waals surface area contributed by atoms with Gasteiger partial charge in [0.1, 0.15) is 5.69 Å². The first kappa shape index (κ1) is 8.97. The highest BCUT2D eigenvalue weighted by atomic mass is 15.5. The van der Waals surface area contributed by atoms with Crippen LogP contribution in [0.4, 0.5) is 0 Å². The molecule has 1 aliphatic carbocycles. The summed E-state index contributed by atoms with van der Waals surface area (Å²) < 4.78 is 0. The maximum Gasteiger partial charge on any atom is 0.108 e. The second kappa shape index (κ2) is 4.04. The molecule has 0 saturated heterocycles. The third-order valence-corrected chi connectivity index (χ3v) is 1.64. The van der Waals surface area contributed by atoms with Crippen molar-refractivity contribution in [3.63, 3.8) is 0 Å². The number of hydrogen-bond donors (Lipinski definition) is 0. The summed E-state index contributed by atoms with van der Waals surface area (Å²) in [5.74, 6) is 0. The van der Waals surface area contributed by atoms with Crippen molar-refractivity contribution in [3.05, 3.63) is 17.5 Å². The summed E-state index contributed by atoms with van der Waals surface area (Å²) in [7, 11) is 1.85. The zero-order chi connectivity index (χ0) is 8.97. The van der Waals surface area contributed by atoms with E-state index < -0.39 is 0 Å². The van der Waals surface area contributed by atoms with E-state index in [0.29, 0.717) is 0 Å². The molecular weight excluding hydrogens is 150 g/mol. The van der Waals surface area contributed by atoms with Gasteiger partial charge in [0, 0.05) is 7.05 Å². The molecule has 0 N–H and O–H groups in total. The molecule has 66 valence electrons. The zero-order valence-electron chi connectivity index (χ0n) is 7.91. The summed E-state index contributed by atoms with van der Waals surface area (Å²) in [6.45, 7) is 4.00. The Balaban J connectivity index is 0.000000336. The van der Waals surface area contributed by atoms with E-state index in [4.69, 9.17) is 0 Å². The maximum atomic E-state index is 4.21. The van der Waals surface area contributed by atoms with Crippen molar-refractivity contribution in [2.75, 3.05) is 0 Å². The summed E-state index contributed by atoms with van der Waals surface area (Å²) in [5.41, 5.74) is 2.17. The van der Waals surface area contributed by atoms with Crippen LogP contribution in [-0.4, -0.2) is 15.0 Å². The average molecular weight is 165 g/mol. The third-order valence-electron chi connectivity index (χ3n) is 1.64. The molecule has 2 rings (SSSR count). The van der Waals surface area contributed by atoms with Gasteiger partial charge >= 0.3 is 0 Å². The fourth-order valence-electron chi connectivity index (χ4n) is 1.18. The average Bonchev–Trinajstić information content (AvgIpc) is 2.48. The summed E-state index contributed by atoms with van der Waals surface area (Å²) in [4.78, 5) is 1.63. The van der Waals surface area contributed by atoms with E-state index in [1.807, 2.05) is 27.0 Å².